The fourth-order valence-corrected chi connectivity index (χ4v) is 4.69. The molecule has 1 aliphatic carbocycles. The van der Waals surface area contributed by atoms with Crippen molar-refractivity contribution in [1.82, 2.24) is 10.1 Å². The van der Waals surface area contributed by atoms with Gasteiger partial charge in [0.1, 0.15) is 5.76 Å². The number of Topliss-reactive ketones (excluding diaryl/α,β-unsaturated/α-hetero) is 1. The van der Waals surface area contributed by atoms with Gasteiger partial charge in [-0.1, -0.05) is 35.5 Å². The minimum absolute atomic E-state index is 0.143. The smallest absolute Gasteiger partial charge is 0.276 e. The molecule has 0 spiro atoms. The van der Waals surface area contributed by atoms with Crippen molar-refractivity contribution in [3.63, 3.8) is 0 Å². The highest BCUT2D eigenvalue weighted by atomic mass is 16.5. The van der Waals surface area contributed by atoms with Crippen LogP contribution in [-0.4, -0.2) is 34.8 Å². The van der Waals surface area contributed by atoms with E-state index in [2.05, 4.69) is 23.4 Å². The fraction of sp³-hybridized carbons (Fsp3) is 0.348. The summed E-state index contributed by atoms with van der Waals surface area (Å²) in [6, 6.07) is 12.0. The monoisotopic (exact) mass is 374 g/mol. The first-order valence-corrected chi connectivity index (χ1v) is 9.92. The maximum absolute atomic E-state index is 13.4. The van der Waals surface area contributed by atoms with Gasteiger partial charge < -0.3 is 9.42 Å². The second-order valence-electron chi connectivity index (χ2n) is 7.89. The van der Waals surface area contributed by atoms with Crippen molar-refractivity contribution in [1.29, 1.82) is 0 Å². The Kier molecular flexibility index (Phi) is 4.04. The van der Waals surface area contributed by atoms with Crippen molar-refractivity contribution < 1.29 is 14.1 Å². The third-order valence-electron chi connectivity index (χ3n) is 6.07. The van der Waals surface area contributed by atoms with Crippen molar-refractivity contribution in [2.24, 2.45) is 5.92 Å². The Hall–Kier alpha value is -2.95. The zero-order valence-electron chi connectivity index (χ0n) is 15.9. The molecule has 1 fully saturated rings. The first-order valence-electron chi connectivity index (χ1n) is 9.92. The molecule has 0 unspecified atom stereocenters. The third kappa shape index (κ3) is 2.73. The van der Waals surface area contributed by atoms with Crippen LogP contribution in [0.5, 0.6) is 0 Å². The number of ketones is 1. The minimum Gasteiger partial charge on any atom is -0.361 e. The molecule has 0 radical (unpaired) electrons. The summed E-state index contributed by atoms with van der Waals surface area (Å²) in [5.41, 5.74) is 3.78. The summed E-state index contributed by atoms with van der Waals surface area (Å²) < 4.78 is 5.03. The zero-order valence-corrected chi connectivity index (χ0v) is 15.9. The van der Waals surface area contributed by atoms with E-state index in [1.807, 2.05) is 12.1 Å². The van der Waals surface area contributed by atoms with E-state index >= 15 is 0 Å². The number of hydrogen-bond acceptors (Lipinski definition) is 4. The Labute approximate surface area is 163 Å². The lowest BCUT2D eigenvalue weighted by Crippen LogP contribution is -2.42. The van der Waals surface area contributed by atoms with Crippen LogP contribution in [-0.2, 0) is 12.8 Å². The van der Waals surface area contributed by atoms with Gasteiger partial charge in [0.05, 0.1) is 0 Å². The molecule has 2 aromatic carbocycles. The van der Waals surface area contributed by atoms with Crippen molar-refractivity contribution in [2.75, 3.05) is 13.1 Å². The fourth-order valence-electron chi connectivity index (χ4n) is 4.69. The number of amides is 1. The second-order valence-corrected chi connectivity index (χ2v) is 7.89. The van der Waals surface area contributed by atoms with E-state index in [1.165, 1.54) is 16.5 Å². The van der Waals surface area contributed by atoms with E-state index in [0.717, 1.165) is 36.6 Å². The number of piperidine rings is 1. The minimum atomic E-state index is -0.177. The molecule has 0 bridgehead atoms. The molecule has 142 valence electrons. The summed E-state index contributed by atoms with van der Waals surface area (Å²) >= 11 is 0. The molecule has 2 heterocycles. The van der Waals surface area contributed by atoms with Crippen molar-refractivity contribution in [3.05, 3.63) is 64.5 Å². The van der Waals surface area contributed by atoms with Crippen LogP contribution in [0.15, 0.2) is 40.9 Å². The van der Waals surface area contributed by atoms with E-state index in [1.54, 1.807) is 17.9 Å². The van der Waals surface area contributed by atoms with E-state index in [4.69, 9.17) is 4.52 Å². The molecule has 0 saturated carbocycles. The number of benzene rings is 2. The van der Waals surface area contributed by atoms with Gasteiger partial charge in [-0.25, -0.2) is 0 Å². The lowest BCUT2D eigenvalue weighted by molar-refractivity contribution is 0.0629. The van der Waals surface area contributed by atoms with Crippen molar-refractivity contribution >= 4 is 22.5 Å². The molecule has 1 aromatic heterocycles. The van der Waals surface area contributed by atoms with Crippen LogP contribution >= 0.6 is 0 Å². The molecule has 1 amide bonds. The van der Waals surface area contributed by atoms with E-state index in [-0.39, 0.29) is 17.6 Å². The summed E-state index contributed by atoms with van der Waals surface area (Å²) in [6.07, 6.45) is 3.73. The Bertz CT molecular complexity index is 1090. The van der Waals surface area contributed by atoms with Crippen LogP contribution in [0.25, 0.3) is 10.8 Å². The van der Waals surface area contributed by atoms with Crippen LogP contribution in [0.4, 0.5) is 0 Å². The predicted octanol–water partition coefficient (Wildman–Crippen LogP) is 3.97. The molecule has 5 heteroatoms. The summed E-state index contributed by atoms with van der Waals surface area (Å²) in [6.45, 7) is 2.85. The largest absolute Gasteiger partial charge is 0.361 e. The van der Waals surface area contributed by atoms with E-state index in [0.29, 0.717) is 24.5 Å². The Morgan fingerprint density at radius 2 is 1.96 bits per heavy atom. The van der Waals surface area contributed by atoms with Crippen LogP contribution < -0.4 is 0 Å². The Morgan fingerprint density at radius 3 is 2.75 bits per heavy atom. The van der Waals surface area contributed by atoms with Crippen molar-refractivity contribution in [2.45, 2.75) is 32.6 Å². The van der Waals surface area contributed by atoms with Gasteiger partial charge >= 0.3 is 0 Å². The van der Waals surface area contributed by atoms with Gasteiger partial charge in [0.2, 0.25) is 0 Å². The first kappa shape index (κ1) is 17.2. The highest BCUT2D eigenvalue weighted by Gasteiger charge is 2.31. The van der Waals surface area contributed by atoms with Crippen LogP contribution in [0.1, 0.15) is 50.6 Å². The second kappa shape index (κ2) is 6.59. The van der Waals surface area contributed by atoms with E-state index in [9.17, 15) is 9.59 Å². The quantitative estimate of drug-likeness (QED) is 0.651. The summed E-state index contributed by atoms with van der Waals surface area (Å²) in [4.78, 5) is 27.9. The summed E-state index contributed by atoms with van der Waals surface area (Å²) in [5.74, 6) is 0.421. The molecule has 5 rings (SSSR count). The van der Waals surface area contributed by atoms with E-state index < -0.39 is 0 Å². The van der Waals surface area contributed by atoms with Gasteiger partial charge in [-0.15, -0.1) is 0 Å². The predicted molar refractivity (Wildman–Crippen MR) is 106 cm³/mol. The number of hydrogen-bond donors (Lipinski definition) is 0. The number of rotatable bonds is 3. The number of carbonyl (C=O) groups excluding carboxylic acids is 2. The number of nitrogens with zero attached hydrogens (tertiary/aromatic N) is 2. The molecule has 2 aliphatic rings. The molecular formula is C23H22N2O3. The molecule has 28 heavy (non-hydrogen) atoms. The van der Waals surface area contributed by atoms with Crippen LogP contribution in [0.3, 0.4) is 0 Å². The molecule has 1 aliphatic heterocycles. The van der Waals surface area contributed by atoms with Gasteiger partial charge in [0.25, 0.3) is 5.91 Å². The average Bonchev–Trinajstić information content (AvgIpc) is 3.35. The van der Waals surface area contributed by atoms with Gasteiger partial charge in [-0.05, 0) is 54.5 Å². The normalized spacial score (nSPS) is 18.6. The number of aromatic nitrogens is 1. The molecule has 0 N–H and O–H groups in total. The SMILES string of the molecule is Cc1cc(C(=O)N2CCC[C@@H](C(=O)c3ccc4c5c(cccc35)CC4)C2)no1. The van der Waals surface area contributed by atoms with Gasteiger partial charge in [-0.3, -0.25) is 9.59 Å². The number of likely N-dealkylation sites (tertiary alicyclic amines) is 1. The highest BCUT2D eigenvalue weighted by Crippen LogP contribution is 2.34. The average molecular weight is 374 g/mol. The van der Waals surface area contributed by atoms with Gasteiger partial charge in [0.15, 0.2) is 11.5 Å². The number of carbonyl (C=O) groups is 2. The lowest BCUT2D eigenvalue weighted by atomic mass is 9.87. The maximum atomic E-state index is 13.4. The maximum Gasteiger partial charge on any atom is 0.276 e. The first-order chi connectivity index (χ1) is 13.6. The standard InChI is InChI=1S/C23H22N2O3/c1-14-12-20(24-28-14)23(27)25-11-3-5-17(13-25)22(26)19-10-9-16-8-7-15-4-2-6-18(19)21(15)16/h2,4,6,9-10,12,17H,3,5,7-8,11,13H2,1H3/t17-/m1/s1. The van der Waals surface area contributed by atoms with Gasteiger partial charge in [0, 0.05) is 30.6 Å². The molecule has 5 nitrogen and oxygen atoms in total. The van der Waals surface area contributed by atoms with Crippen molar-refractivity contribution in [3.8, 4) is 0 Å². The van der Waals surface area contributed by atoms with Crippen LogP contribution in [0, 0.1) is 12.8 Å². The summed E-state index contributed by atoms with van der Waals surface area (Å²) in [7, 11) is 0. The lowest BCUT2D eigenvalue weighted by Gasteiger charge is -2.31. The topological polar surface area (TPSA) is 63.4 Å². The molecular weight excluding hydrogens is 352 g/mol. The van der Waals surface area contributed by atoms with Gasteiger partial charge in [-0.2, -0.15) is 0 Å². The molecule has 1 saturated heterocycles. The van der Waals surface area contributed by atoms with Crippen LogP contribution in [0.2, 0.25) is 0 Å². The molecule has 3 aromatic rings. The Balaban J connectivity index is 1.43. The Morgan fingerprint density at radius 1 is 1.14 bits per heavy atom. The summed E-state index contributed by atoms with van der Waals surface area (Å²) in [5, 5.41) is 6.16. The molecule has 1 atom stereocenters. The highest BCUT2D eigenvalue weighted by molar-refractivity contribution is 6.11. The third-order valence-corrected chi connectivity index (χ3v) is 6.07. The zero-order chi connectivity index (χ0) is 19.3. The number of aryl methyl sites for hydroxylation is 3.